The highest BCUT2D eigenvalue weighted by Gasteiger charge is 2.35. The third-order valence-electron chi connectivity index (χ3n) is 3.25. The number of carbonyl (C=O) groups excluding carboxylic acids is 1. The molecule has 4 nitrogen and oxygen atoms in total. The van der Waals surface area contributed by atoms with Crippen molar-refractivity contribution in [3.8, 4) is 0 Å². The summed E-state index contributed by atoms with van der Waals surface area (Å²) in [6, 6.07) is 8.23. The Kier molecular flexibility index (Phi) is 4.04. The normalized spacial score (nSPS) is 19.6. The van der Waals surface area contributed by atoms with Crippen molar-refractivity contribution >= 4 is 15.8 Å². The van der Waals surface area contributed by atoms with E-state index in [1.165, 1.54) is 7.11 Å². The van der Waals surface area contributed by atoms with Gasteiger partial charge in [0.2, 0.25) is 0 Å². The zero-order chi connectivity index (χ0) is 13.9. The zero-order valence-electron chi connectivity index (χ0n) is 10.7. The Hall–Kier alpha value is -1.62. The van der Waals surface area contributed by atoms with E-state index in [4.69, 9.17) is 0 Å². The second kappa shape index (κ2) is 5.57. The summed E-state index contributed by atoms with van der Waals surface area (Å²) < 4.78 is 29.8. The lowest BCUT2D eigenvalue weighted by molar-refractivity contribution is -0.136. The molecule has 1 aliphatic carbocycles. The molecule has 5 heteroatoms. The quantitative estimate of drug-likeness (QED) is 0.796. The molecule has 1 aliphatic rings. The van der Waals surface area contributed by atoms with Crippen LogP contribution in [0.2, 0.25) is 0 Å². The first-order valence-corrected chi connectivity index (χ1v) is 7.69. The van der Waals surface area contributed by atoms with Gasteiger partial charge < -0.3 is 4.74 Å². The molecule has 0 N–H and O–H groups in total. The lowest BCUT2D eigenvalue weighted by Gasteiger charge is -2.22. The number of benzene rings is 1. The maximum absolute atomic E-state index is 12.6. The van der Waals surface area contributed by atoms with Gasteiger partial charge in [0, 0.05) is 0 Å². The number of allylic oxidation sites excluding steroid dienone is 1. The van der Waals surface area contributed by atoms with E-state index < -0.39 is 21.1 Å². The number of rotatable bonds is 3. The fourth-order valence-corrected chi connectivity index (χ4v) is 4.15. The number of carbonyl (C=O) groups is 1. The van der Waals surface area contributed by atoms with E-state index in [0.717, 1.165) is 6.42 Å². The number of ether oxygens (including phenoxy) is 1. The van der Waals surface area contributed by atoms with Gasteiger partial charge in [0.1, 0.15) is 0 Å². The highest BCUT2D eigenvalue weighted by Crippen LogP contribution is 2.30. The predicted molar refractivity (Wildman–Crippen MR) is 71.4 cm³/mol. The smallest absolute Gasteiger partial charge is 0.334 e. The van der Waals surface area contributed by atoms with Gasteiger partial charge >= 0.3 is 5.97 Å². The van der Waals surface area contributed by atoms with Crippen molar-refractivity contribution in [2.24, 2.45) is 0 Å². The van der Waals surface area contributed by atoms with Crippen LogP contribution in [0.5, 0.6) is 0 Å². The molecule has 1 aromatic rings. The standard InChI is InChI=1S/C14H16O4S/c1-18-14(15)12-9-5-6-10-13(12)19(16,17)11-7-3-2-4-8-11/h2-4,7-9,13H,5-6,10H2,1H3. The monoisotopic (exact) mass is 280 g/mol. The number of methoxy groups -OCH3 is 1. The van der Waals surface area contributed by atoms with Crippen LogP contribution in [0.15, 0.2) is 46.9 Å². The molecule has 1 unspecified atom stereocenters. The Morgan fingerprint density at radius 2 is 1.95 bits per heavy atom. The Balaban J connectivity index is 2.42. The van der Waals surface area contributed by atoms with Gasteiger partial charge in [-0.15, -0.1) is 0 Å². The van der Waals surface area contributed by atoms with Crippen molar-refractivity contribution in [2.75, 3.05) is 7.11 Å². The van der Waals surface area contributed by atoms with E-state index in [9.17, 15) is 13.2 Å². The molecule has 0 saturated carbocycles. The molecule has 19 heavy (non-hydrogen) atoms. The van der Waals surface area contributed by atoms with Gasteiger partial charge in [-0.05, 0) is 31.4 Å². The van der Waals surface area contributed by atoms with Crippen LogP contribution in [0.3, 0.4) is 0 Å². The van der Waals surface area contributed by atoms with Crippen LogP contribution in [-0.2, 0) is 19.4 Å². The molecule has 0 aromatic heterocycles. The minimum Gasteiger partial charge on any atom is -0.466 e. The molecule has 1 atom stereocenters. The second-order valence-electron chi connectivity index (χ2n) is 4.43. The first-order chi connectivity index (χ1) is 9.07. The van der Waals surface area contributed by atoms with Gasteiger partial charge in [0.25, 0.3) is 0 Å². The van der Waals surface area contributed by atoms with E-state index in [1.54, 1.807) is 36.4 Å². The molecule has 102 valence electrons. The molecule has 0 bridgehead atoms. The minimum atomic E-state index is -3.54. The van der Waals surface area contributed by atoms with Crippen LogP contribution in [0.25, 0.3) is 0 Å². The van der Waals surface area contributed by atoms with E-state index in [2.05, 4.69) is 4.74 Å². The molecule has 0 aliphatic heterocycles. The van der Waals surface area contributed by atoms with Gasteiger partial charge in [-0.25, -0.2) is 13.2 Å². The lowest BCUT2D eigenvalue weighted by atomic mass is 9.99. The van der Waals surface area contributed by atoms with Gasteiger partial charge in [-0.1, -0.05) is 24.3 Å². The van der Waals surface area contributed by atoms with E-state index >= 15 is 0 Å². The summed E-state index contributed by atoms with van der Waals surface area (Å²) in [6.07, 6.45) is 3.61. The maximum Gasteiger partial charge on any atom is 0.334 e. The van der Waals surface area contributed by atoms with E-state index in [1.807, 2.05) is 0 Å². The van der Waals surface area contributed by atoms with E-state index in [0.29, 0.717) is 12.8 Å². The average molecular weight is 280 g/mol. The highest BCUT2D eigenvalue weighted by molar-refractivity contribution is 7.92. The summed E-state index contributed by atoms with van der Waals surface area (Å²) in [5.74, 6) is -0.552. The van der Waals surface area contributed by atoms with Crippen LogP contribution in [0.4, 0.5) is 0 Å². The van der Waals surface area contributed by atoms with Gasteiger partial charge in [0.15, 0.2) is 9.84 Å². The second-order valence-corrected chi connectivity index (χ2v) is 6.56. The molecule has 2 rings (SSSR count). The molecule has 0 radical (unpaired) electrons. The first kappa shape index (κ1) is 13.8. The lowest BCUT2D eigenvalue weighted by Crippen LogP contribution is -2.30. The topological polar surface area (TPSA) is 60.4 Å². The zero-order valence-corrected chi connectivity index (χ0v) is 11.5. The third-order valence-corrected chi connectivity index (χ3v) is 5.42. The minimum absolute atomic E-state index is 0.247. The Bertz CT molecular complexity index is 587. The SMILES string of the molecule is COC(=O)C1=CCCCC1S(=O)(=O)c1ccccc1. The molecule has 0 spiro atoms. The molecular formula is C14H16O4S. The summed E-state index contributed by atoms with van der Waals surface area (Å²) >= 11 is 0. The predicted octanol–water partition coefficient (Wildman–Crippen LogP) is 2.11. The third kappa shape index (κ3) is 2.71. The number of hydrogen-bond donors (Lipinski definition) is 0. The number of esters is 1. The molecule has 0 fully saturated rings. The molecular weight excluding hydrogens is 264 g/mol. The molecule has 0 saturated heterocycles. The van der Waals surface area contributed by atoms with Crippen molar-refractivity contribution in [1.82, 2.24) is 0 Å². The van der Waals surface area contributed by atoms with Crippen molar-refractivity contribution in [3.05, 3.63) is 42.0 Å². The summed E-state index contributed by atoms with van der Waals surface area (Å²) in [5.41, 5.74) is 0.262. The Morgan fingerprint density at radius 1 is 1.26 bits per heavy atom. The van der Waals surface area contributed by atoms with Crippen LogP contribution < -0.4 is 0 Å². The Labute approximate surface area is 113 Å². The van der Waals surface area contributed by atoms with Crippen molar-refractivity contribution in [3.63, 3.8) is 0 Å². The summed E-state index contributed by atoms with van der Waals surface area (Å²) in [4.78, 5) is 11.9. The fraction of sp³-hybridized carbons (Fsp3) is 0.357. The summed E-state index contributed by atoms with van der Waals surface area (Å²) in [5, 5.41) is -0.795. The highest BCUT2D eigenvalue weighted by atomic mass is 32.2. The fourth-order valence-electron chi connectivity index (χ4n) is 2.28. The van der Waals surface area contributed by atoms with Crippen molar-refractivity contribution in [1.29, 1.82) is 0 Å². The molecule has 0 amide bonds. The van der Waals surface area contributed by atoms with Crippen LogP contribution >= 0.6 is 0 Å². The van der Waals surface area contributed by atoms with Crippen molar-refractivity contribution in [2.45, 2.75) is 29.4 Å². The van der Waals surface area contributed by atoms with Gasteiger partial charge in [0.05, 0.1) is 22.8 Å². The Morgan fingerprint density at radius 3 is 2.58 bits per heavy atom. The summed E-state index contributed by atoms with van der Waals surface area (Å²) in [7, 11) is -2.27. The number of sulfone groups is 1. The average Bonchev–Trinajstić information content (AvgIpc) is 2.47. The molecule has 1 aromatic carbocycles. The van der Waals surface area contributed by atoms with Gasteiger partial charge in [-0.2, -0.15) is 0 Å². The van der Waals surface area contributed by atoms with Crippen LogP contribution in [0.1, 0.15) is 19.3 Å². The van der Waals surface area contributed by atoms with Crippen molar-refractivity contribution < 1.29 is 17.9 Å². The van der Waals surface area contributed by atoms with Crippen LogP contribution in [0, 0.1) is 0 Å². The first-order valence-electron chi connectivity index (χ1n) is 6.14. The van der Waals surface area contributed by atoms with E-state index in [-0.39, 0.29) is 10.5 Å². The maximum atomic E-state index is 12.6. The van der Waals surface area contributed by atoms with Gasteiger partial charge in [-0.3, -0.25) is 0 Å². The molecule has 0 heterocycles. The largest absolute Gasteiger partial charge is 0.466 e. The number of hydrogen-bond acceptors (Lipinski definition) is 4. The van der Waals surface area contributed by atoms with Crippen LogP contribution in [-0.4, -0.2) is 26.7 Å². The summed E-state index contributed by atoms with van der Waals surface area (Å²) in [6.45, 7) is 0.